The van der Waals surface area contributed by atoms with E-state index < -0.39 is 11.7 Å². The lowest BCUT2D eigenvalue weighted by Gasteiger charge is -2.20. The van der Waals surface area contributed by atoms with Gasteiger partial charge in [0.15, 0.2) is 10.9 Å². The number of aromatic nitrogens is 1. The van der Waals surface area contributed by atoms with Crippen LogP contribution in [0.25, 0.3) is 0 Å². The number of hydrogen-bond donors (Lipinski definition) is 2. The maximum atomic E-state index is 12.3. The minimum atomic E-state index is -4.48. The first-order valence-electron chi connectivity index (χ1n) is 4.24. The van der Waals surface area contributed by atoms with Crippen LogP contribution in [0, 0.1) is 0 Å². The third-order valence-electron chi connectivity index (χ3n) is 1.74. The summed E-state index contributed by atoms with van der Waals surface area (Å²) in [5.74, 6) is 0.0902. The smallest absolute Gasteiger partial charge is 0.375 e. The number of halogens is 4. The van der Waals surface area contributed by atoms with Crippen molar-refractivity contribution >= 4 is 34.7 Å². The van der Waals surface area contributed by atoms with Crippen LogP contribution in [0.5, 0.6) is 0 Å². The van der Waals surface area contributed by atoms with Crippen molar-refractivity contribution in [1.82, 2.24) is 10.4 Å². The molecule has 0 aromatic carbocycles. The molecule has 0 aliphatic carbocycles. The summed E-state index contributed by atoms with van der Waals surface area (Å²) < 4.78 is 37.0. The largest absolute Gasteiger partial charge is 0.417 e. The maximum absolute atomic E-state index is 12.3. The third kappa shape index (κ3) is 3.60. The number of nitrogens with zero attached hydrogens (tertiary/aromatic N) is 2. The van der Waals surface area contributed by atoms with Gasteiger partial charge in [0.1, 0.15) is 0 Å². The van der Waals surface area contributed by atoms with E-state index >= 15 is 0 Å². The molecule has 1 aromatic rings. The second-order valence-corrected chi connectivity index (χ2v) is 3.91. The van der Waals surface area contributed by atoms with E-state index in [1.807, 2.05) is 0 Å². The summed E-state index contributed by atoms with van der Waals surface area (Å²) in [4.78, 5) is 3.59. The molecule has 0 radical (unpaired) electrons. The number of nitrogens with one attached hydrogen (secondary N) is 1. The minimum absolute atomic E-state index is 0.0507. The molecule has 0 fully saturated rings. The molecule has 4 nitrogen and oxygen atoms in total. The topological polar surface area (TPSA) is 54.2 Å². The van der Waals surface area contributed by atoms with Crippen LogP contribution < -0.4 is 16.2 Å². The highest BCUT2D eigenvalue weighted by molar-refractivity contribution is 7.80. The Hall–Kier alpha value is -1.28. The summed E-state index contributed by atoms with van der Waals surface area (Å²) in [6.07, 6.45) is -3.80. The Balaban J connectivity index is 3.02. The third-order valence-corrected chi connectivity index (χ3v) is 2.11. The normalized spacial score (nSPS) is 11.1. The van der Waals surface area contributed by atoms with Gasteiger partial charge in [0.05, 0.1) is 10.6 Å². The first-order valence-corrected chi connectivity index (χ1v) is 5.03. The number of thiocarbonyl (C=S) groups is 1. The van der Waals surface area contributed by atoms with Gasteiger partial charge in [0, 0.05) is 13.2 Å². The lowest BCUT2D eigenvalue weighted by molar-refractivity contribution is -0.137. The van der Waals surface area contributed by atoms with Crippen molar-refractivity contribution in [2.24, 2.45) is 5.73 Å². The van der Waals surface area contributed by atoms with E-state index in [4.69, 9.17) is 17.3 Å². The summed E-state index contributed by atoms with van der Waals surface area (Å²) in [5.41, 5.74) is 6.76. The van der Waals surface area contributed by atoms with Crippen molar-refractivity contribution in [3.8, 4) is 0 Å². The second kappa shape index (κ2) is 4.92. The molecular weight excluding hydrogens is 277 g/mol. The van der Waals surface area contributed by atoms with Crippen LogP contribution in [0.15, 0.2) is 12.3 Å². The molecule has 9 heteroatoms. The van der Waals surface area contributed by atoms with Crippen molar-refractivity contribution in [2.45, 2.75) is 6.18 Å². The van der Waals surface area contributed by atoms with Gasteiger partial charge in [0.2, 0.25) is 0 Å². The van der Waals surface area contributed by atoms with Crippen LogP contribution >= 0.6 is 23.8 Å². The molecule has 0 amide bonds. The van der Waals surface area contributed by atoms with Crippen molar-refractivity contribution < 1.29 is 13.2 Å². The molecule has 1 rings (SSSR count). The summed E-state index contributed by atoms with van der Waals surface area (Å²) in [7, 11) is 1.47. The fourth-order valence-corrected chi connectivity index (χ4v) is 1.48. The molecule has 0 atom stereocenters. The summed E-state index contributed by atoms with van der Waals surface area (Å²) in [5, 5.41) is 1.02. The summed E-state index contributed by atoms with van der Waals surface area (Å²) in [6.45, 7) is 0. The average Bonchev–Trinajstić information content (AvgIpc) is 2.14. The van der Waals surface area contributed by atoms with Gasteiger partial charge >= 0.3 is 6.18 Å². The molecule has 94 valence electrons. The number of hydrogen-bond acceptors (Lipinski definition) is 3. The summed E-state index contributed by atoms with van der Waals surface area (Å²) >= 11 is 10.3. The van der Waals surface area contributed by atoms with Crippen molar-refractivity contribution in [2.75, 3.05) is 12.1 Å². The lowest BCUT2D eigenvalue weighted by Crippen LogP contribution is -2.43. The molecule has 0 aliphatic heterocycles. The van der Waals surface area contributed by atoms with E-state index in [1.54, 1.807) is 0 Å². The van der Waals surface area contributed by atoms with E-state index in [-0.39, 0.29) is 16.0 Å². The number of nitrogens with two attached hydrogens (primary N) is 1. The van der Waals surface area contributed by atoms with Gasteiger partial charge in [-0.05, 0) is 18.3 Å². The molecule has 0 bridgehead atoms. The monoisotopic (exact) mass is 284 g/mol. The summed E-state index contributed by atoms with van der Waals surface area (Å²) in [6, 6.07) is 0.779. The molecule has 0 saturated heterocycles. The number of hydrazine groups is 1. The van der Waals surface area contributed by atoms with Gasteiger partial charge < -0.3 is 5.73 Å². The molecular formula is C8H8ClF3N4S. The highest BCUT2D eigenvalue weighted by Gasteiger charge is 2.31. The Kier molecular flexibility index (Phi) is 3.99. The number of rotatable bonds is 2. The van der Waals surface area contributed by atoms with Crippen LogP contribution in [-0.4, -0.2) is 17.1 Å². The fraction of sp³-hybridized carbons (Fsp3) is 0.250. The molecule has 1 heterocycles. The highest BCUT2D eigenvalue weighted by Crippen LogP contribution is 2.32. The minimum Gasteiger partial charge on any atom is -0.375 e. The van der Waals surface area contributed by atoms with Gasteiger partial charge in [-0.1, -0.05) is 11.6 Å². The lowest BCUT2D eigenvalue weighted by atomic mass is 10.3. The van der Waals surface area contributed by atoms with Crippen LogP contribution in [0.3, 0.4) is 0 Å². The zero-order valence-electron chi connectivity index (χ0n) is 8.55. The van der Waals surface area contributed by atoms with E-state index in [0.717, 1.165) is 6.07 Å². The van der Waals surface area contributed by atoms with Crippen molar-refractivity contribution in [1.29, 1.82) is 0 Å². The Morgan fingerprint density at radius 3 is 2.59 bits per heavy atom. The molecule has 0 spiro atoms. The fourth-order valence-electron chi connectivity index (χ4n) is 1.05. The maximum Gasteiger partial charge on any atom is 0.417 e. The Bertz CT molecular complexity index is 437. The van der Waals surface area contributed by atoms with E-state index in [2.05, 4.69) is 22.6 Å². The Morgan fingerprint density at radius 1 is 1.59 bits per heavy atom. The molecule has 1 aromatic heterocycles. The Morgan fingerprint density at radius 2 is 2.18 bits per heavy atom. The zero-order chi connectivity index (χ0) is 13.2. The van der Waals surface area contributed by atoms with Crippen LogP contribution in [0.2, 0.25) is 5.02 Å². The SMILES string of the molecule is CN(NC(N)=S)c1ncc(C(F)(F)F)cc1Cl. The molecule has 0 aliphatic rings. The van der Waals surface area contributed by atoms with Gasteiger partial charge in [-0.3, -0.25) is 10.4 Å². The van der Waals surface area contributed by atoms with Gasteiger partial charge in [-0.25, -0.2) is 4.98 Å². The molecule has 0 unspecified atom stereocenters. The Labute approximate surface area is 106 Å². The standard InChI is InChI=1S/C8H8ClF3N4S/c1-16(15-7(13)17)6-5(9)2-4(3-14-6)8(10,11)12/h2-3H,1H3,(H3,13,15,17). The zero-order valence-corrected chi connectivity index (χ0v) is 10.1. The number of alkyl halides is 3. The van der Waals surface area contributed by atoms with Gasteiger partial charge in [-0.2, -0.15) is 13.2 Å². The van der Waals surface area contributed by atoms with Crippen molar-refractivity contribution in [3.63, 3.8) is 0 Å². The van der Waals surface area contributed by atoms with Crippen molar-refractivity contribution in [3.05, 3.63) is 22.8 Å². The highest BCUT2D eigenvalue weighted by atomic mass is 35.5. The number of anilines is 1. The second-order valence-electron chi connectivity index (χ2n) is 3.06. The predicted molar refractivity (Wildman–Crippen MR) is 62.6 cm³/mol. The van der Waals surface area contributed by atoms with Gasteiger partial charge in [0.25, 0.3) is 0 Å². The first-order chi connectivity index (χ1) is 7.71. The first kappa shape index (κ1) is 13.8. The van der Waals surface area contributed by atoms with Crippen LogP contribution in [0.4, 0.5) is 19.0 Å². The van der Waals surface area contributed by atoms with Crippen LogP contribution in [0.1, 0.15) is 5.56 Å². The van der Waals surface area contributed by atoms with E-state index in [0.29, 0.717) is 6.20 Å². The predicted octanol–water partition coefficient (Wildman–Crippen LogP) is 1.94. The van der Waals surface area contributed by atoms with Gasteiger partial charge in [-0.15, -0.1) is 0 Å². The molecule has 0 saturated carbocycles. The average molecular weight is 285 g/mol. The number of pyridine rings is 1. The molecule has 3 N–H and O–H groups in total. The molecule has 17 heavy (non-hydrogen) atoms. The quantitative estimate of drug-likeness (QED) is 0.642. The van der Waals surface area contributed by atoms with E-state index in [1.165, 1.54) is 12.1 Å². The van der Waals surface area contributed by atoms with Crippen LogP contribution in [-0.2, 0) is 6.18 Å². The van der Waals surface area contributed by atoms with E-state index in [9.17, 15) is 13.2 Å².